The van der Waals surface area contributed by atoms with Crippen LogP contribution in [0.2, 0.25) is 0 Å². The lowest BCUT2D eigenvalue weighted by Gasteiger charge is -2.20. The van der Waals surface area contributed by atoms with Gasteiger partial charge in [0, 0.05) is 12.2 Å². The number of hydrogen-bond donors (Lipinski definition) is 2. The van der Waals surface area contributed by atoms with Crippen molar-refractivity contribution in [2.24, 2.45) is 0 Å². The molecule has 0 bridgehead atoms. The molecule has 1 amide bonds. The first kappa shape index (κ1) is 13.1. The third-order valence-electron chi connectivity index (χ3n) is 3.07. The van der Waals surface area contributed by atoms with E-state index >= 15 is 0 Å². The van der Waals surface area contributed by atoms with Gasteiger partial charge < -0.3 is 10.6 Å². The van der Waals surface area contributed by atoms with Gasteiger partial charge in [-0.05, 0) is 38.5 Å². The molecule has 0 saturated heterocycles. The highest BCUT2D eigenvalue weighted by Crippen LogP contribution is 2.21. The molecule has 5 nitrogen and oxygen atoms in total. The van der Waals surface area contributed by atoms with Gasteiger partial charge >= 0.3 is 0 Å². The monoisotopic (exact) mass is 258 g/mol. The number of aromatic nitrogens is 2. The molecule has 5 heteroatoms. The Morgan fingerprint density at radius 1 is 1.42 bits per heavy atom. The summed E-state index contributed by atoms with van der Waals surface area (Å²) in [6.07, 6.45) is 0. The minimum absolute atomic E-state index is 0.185. The van der Waals surface area contributed by atoms with Gasteiger partial charge in [-0.25, -0.2) is 0 Å². The van der Waals surface area contributed by atoms with Crippen LogP contribution >= 0.6 is 0 Å². The summed E-state index contributed by atoms with van der Waals surface area (Å²) in [4.78, 5) is 14.2. The number of benzene rings is 1. The molecule has 2 rings (SSSR count). The number of carbonyl (C=O) groups is 1. The molecule has 19 heavy (non-hydrogen) atoms. The quantitative estimate of drug-likeness (QED) is 0.886. The van der Waals surface area contributed by atoms with Gasteiger partial charge in [0.25, 0.3) is 5.91 Å². The number of nitrogens with zero attached hydrogens (tertiary/aromatic N) is 2. The third kappa shape index (κ3) is 2.45. The summed E-state index contributed by atoms with van der Waals surface area (Å²) in [6, 6.07) is 7.80. The number of aryl methyl sites for hydroxylation is 2. The fourth-order valence-electron chi connectivity index (χ4n) is 1.97. The number of anilines is 2. The highest BCUT2D eigenvalue weighted by atomic mass is 16.2. The van der Waals surface area contributed by atoms with E-state index in [0.29, 0.717) is 17.9 Å². The van der Waals surface area contributed by atoms with Crippen LogP contribution in [0.15, 0.2) is 24.3 Å². The van der Waals surface area contributed by atoms with Gasteiger partial charge in [0.15, 0.2) is 5.69 Å². The molecular weight excluding hydrogens is 240 g/mol. The summed E-state index contributed by atoms with van der Waals surface area (Å²) in [7, 11) is 0. The van der Waals surface area contributed by atoms with E-state index < -0.39 is 0 Å². The van der Waals surface area contributed by atoms with Gasteiger partial charge in [-0.1, -0.05) is 12.1 Å². The van der Waals surface area contributed by atoms with E-state index in [1.165, 1.54) is 0 Å². The fourth-order valence-corrected chi connectivity index (χ4v) is 1.97. The van der Waals surface area contributed by atoms with Crippen LogP contribution in [-0.2, 0) is 0 Å². The van der Waals surface area contributed by atoms with Crippen molar-refractivity contribution in [3.05, 3.63) is 41.2 Å². The van der Waals surface area contributed by atoms with Crippen LogP contribution in [0.4, 0.5) is 11.4 Å². The number of nitrogens with two attached hydrogens (primary N) is 1. The number of amides is 1. The van der Waals surface area contributed by atoms with Crippen molar-refractivity contribution >= 4 is 17.3 Å². The van der Waals surface area contributed by atoms with Crippen LogP contribution in [0.25, 0.3) is 0 Å². The Kier molecular flexibility index (Phi) is 3.55. The largest absolute Gasteiger partial charge is 0.395 e. The maximum atomic E-state index is 12.5. The number of nitrogen functional groups attached to an aromatic ring is 1. The fraction of sp³-hybridized carbons (Fsp3) is 0.286. The molecule has 0 aliphatic heterocycles. The molecule has 0 aliphatic carbocycles. The second-order valence-electron chi connectivity index (χ2n) is 4.50. The van der Waals surface area contributed by atoms with E-state index in [-0.39, 0.29) is 11.6 Å². The van der Waals surface area contributed by atoms with Crippen LogP contribution in [0.3, 0.4) is 0 Å². The molecule has 0 radical (unpaired) electrons. The van der Waals surface area contributed by atoms with E-state index in [9.17, 15) is 4.79 Å². The van der Waals surface area contributed by atoms with E-state index in [0.717, 1.165) is 11.3 Å². The third-order valence-corrected chi connectivity index (χ3v) is 3.07. The first-order valence-corrected chi connectivity index (χ1v) is 6.23. The van der Waals surface area contributed by atoms with Crippen molar-refractivity contribution in [3.8, 4) is 0 Å². The van der Waals surface area contributed by atoms with Gasteiger partial charge in [-0.15, -0.1) is 0 Å². The van der Waals surface area contributed by atoms with E-state index in [1.807, 2.05) is 38.1 Å². The molecule has 3 N–H and O–H groups in total. The lowest BCUT2D eigenvalue weighted by molar-refractivity contribution is 0.0984. The van der Waals surface area contributed by atoms with Crippen molar-refractivity contribution in [1.29, 1.82) is 0 Å². The highest BCUT2D eigenvalue weighted by Gasteiger charge is 2.22. The van der Waals surface area contributed by atoms with Crippen molar-refractivity contribution in [1.82, 2.24) is 10.2 Å². The molecule has 100 valence electrons. The van der Waals surface area contributed by atoms with Crippen LogP contribution in [-0.4, -0.2) is 22.6 Å². The average Bonchev–Trinajstić information content (AvgIpc) is 2.71. The van der Waals surface area contributed by atoms with Gasteiger partial charge in [0.05, 0.1) is 11.4 Å². The molecule has 0 saturated carbocycles. The second kappa shape index (κ2) is 5.14. The van der Waals surface area contributed by atoms with Crippen molar-refractivity contribution in [3.63, 3.8) is 0 Å². The van der Waals surface area contributed by atoms with E-state index in [2.05, 4.69) is 10.2 Å². The Labute approximate surface area is 112 Å². The minimum atomic E-state index is -0.185. The van der Waals surface area contributed by atoms with Crippen LogP contribution < -0.4 is 10.6 Å². The van der Waals surface area contributed by atoms with Crippen molar-refractivity contribution in [2.45, 2.75) is 20.8 Å². The number of H-pyrrole nitrogens is 1. The SMILES string of the molecule is CCN(C(=O)c1n[nH]c(C)c1N)c1cccc(C)c1. The lowest BCUT2D eigenvalue weighted by atomic mass is 10.2. The number of aromatic amines is 1. The number of carbonyl (C=O) groups excluding carboxylic acids is 1. The van der Waals surface area contributed by atoms with Crippen LogP contribution in [0.5, 0.6) is 0 Å². The molecular formula is C14H18N4O. The molecule has 1 heterocycles. The smallest absolute Gasteiger partial charge is 0.280 e. The van der Waals surface area contributed by atoms with Gasteiger partial charge in [0.1, 0.15) is 0 Å². The zero-order valence-electron chi connectivity index (χ0n) is 11.4. The molecule has 2 aromatic rings. The Morgan fingerprint density at radius 2 is 2.16 bits per heavy atom. The van der Waals surface area contributed by atoms with Crippen LogP contribution in [0.1, 0.15) is 28.7 Å². The van der Waals surface area contributed by atoms with Crippen molar-refractivity contribution < 1.29 is 4.79 Å². The zero-order valence-corrected chi connectivity index (χ0v) is 11.4. The van der Waals surface area contributed by atoms with Crippen LogP contribution in [0, 0.1) is 13.8 Å². The molecule has 0 unspecified atom stereocenters. The van der Waals surface area contributed by atoms with Gasteiger partial charge in [0.2, 0.25) is 0 Å². The summed E-state index contributed by atoms with van der Waals surface area (Å²) >= 11 is 0. The first-order valence-electron chi connectivity index (χ1n) is 6.23. The molecule has 1 aromatic heterocycles. The minimum Gasteiger partial charge on any atom is -0.395 e. The van der Waals surface area contributed by atoms with Gasteiger partial charge in [-0.3, -0.25) is 9.89 Å². The average molecular weight is 258 g/mol. The topological polar surface area (TPSA) is 75.0 Å². The van der Waals surface area contributed by atoms with E-state index in [1.54, 1.807) is 11.8 Å². The van der Waals surface area contributed by atoms with Gasteiger partial charge in [-0.2, -0.15) is 5.10 Å². The summed E-state index contributed by atoms with van der Waals surface area (Å²) in [6.45, 7) is 6.28. The molecule has 1 aromatic carbocycles. The Hall–Kier alpha value is -2.30. The zero-order chi connectivity index (χ0) is 14.0. The molecule has 0 fully saturated rings. The summed E-state index contributed by atoms with van der Waals surface area (Å²) < 4.78 is 0. The number of rotatable bonds is 3. The number of nitrogens with one attached hydrogen (secondary N) is 1. The number of hydrogen-bond acceptors (Lipinski definition) is 3. The maximum Gasteiger partial charge on any atom is 0.280 e. The summed E-state index contributed by atoms with van der Waals surface area (Å²) in [5, 5.41) is 6.73. The second-order valence-corrected chi connectivity index (χ2v) is 4.50. The molecule has 0 aliphatic rings. The first-order chi connectivity index (χ1) is 9.04. The Balaban J connectivity index is 2.37. The predicted molar refractivity (Wildman–Crippen MR) is 76.3 cm³/mol. The summed E-state index contributed by atoms with van der Waals surface area (Å²) in [5.41, 5.74) is 9.23. The van der Waals surface area contributed by atoms with Crippen molar-refractivity contribution in [2.75, 3.05) is 17.2 Å². The normalized spacial score (nSPS) is 10.5. The molecule has 0 spiro atoms. The Morgan fingerprint density at radius 3 is 2.68 bits per heavy atom. The van der Waals surface area contributed by atoms with E-state index in [4.69, 9.17) is 5.73 Å². The molecule has 0 atom stereocenters. The highest BCUT2D eigenvalue weighted by molar-refractivity contribution is 6.08. The Bertz CT molecular complexity index is 603. The summed E-state index contributed by atoms with van der Waals surface area (Å²) in [5.74, 6) is -0.185. The lowest BCUT2D eigenvalue weighted by Crippen LogP contribution is -2.31. The predicted octanol–water partition coefficient (Wildman–Crippen LogP) is 2.28. The maximum absolute atomic E-state index is 12.5. The standard InChI is InChI=1S/C14H18N4O/c1-4-18(11-7-5-6-9(2)8-11)14(19)13-12(15)10(3)16-17-13/h5-8H,4,15H2,1-3H3,(H,16,17).